The van der Waals surface area contributed by atoms with E-state index in [0.717, 1.165) is 10.5 Å². The molecular formula is C18H19FN2O2S. The van der Waals surface area contributed by atoms with E-state index in [1.807, 2.05) is 30.5 Å². The van der Waals surface area contributed by atoms with Gasteiger partial charge in [0.2, 0.25) is 0 Å². The van der Waals surface area contributed by atoms with E-state index in [1.54, 1.807) is 23.9 Å². The summed E-state index contributed by atoms with van der Waals surface area (Å²) in [4.78, 5) is 14.5. The number of benzene rings is 2. The van der Waals surface area contributed by atoms with E-state index in [9.17, 15) is 9.18 Å². The fourth-order valence-corrected chi connectivity index (χ4v) is 3.15. The Balaban J connectivity index is 1.83. The molecule has 0 bridgehead atoms. The molecule has 3 rings (SSSR count). The van der Waals surface area contributed by atoms with Crippen molar-refractivity contribution in [2.75, 3.05) is 24.2 Å². The highest BCUT2D eigenvalue weighted by atomic mass is 32.2. The molecule has 24 heavy (non-hydrogen) atoms. The van der Waals surface area contributed by atoms with E-state index < -0.39 is 6.09 Å². The lowest BCUT2D eigenvalue weighted by atomic mass is 10.0. The van der Waals surface area contributed by atoms with Gasteiger partial charge in [0, 0.05) is 10.5 Å². The van der Waals surface area contributed by atoms with Gasteiger partial charge in [0.05, 0.1) is 12.2 Å². The van der Waals surface area contributed by atoms with E-state index in [1.165, 1.54) is 11.0 Å². The zero-order valence-electron chi connectivity index (χ0n) is 13.4. The maximum absolute atomic E-state index is 14.5. The van der Waals surface area contributed by atoms with Gasteiger partial charge in [-0.15, -0.1) is 11.8 Å². The summed E-state index contributed by atoms with van der Waals surface area (Å²) in [5.74, 6) is -0.362. The number of nitrogens with zero attached hydrogens (tertiary/aromatic N) is 1. The average Bonchev–Trinajstić information content (AvgIpc) is 2.96. The zero-order valence-corrected chi connectivity index (χ0v) is 14.2. The number of hydrogen-bond acceptors (Lipinski definition) is 4. The van der Waals surface area contributed by atoms with Crippen molar-refractivity contribution in [3.05, 3.63) is 48.3 Å². The van der Waals surface area contributed by atoms with Gasteiger partial charge in [0.15, 0.2) is 0 Å². The number of ether oxygens (including phenoxy) is 1. The van der Waals surface area contributed by atoms with Crippen molar-refractivity contribution in [1.82, 2.24) is 0 Å². The molecule has 1 aliphatic heterocycles. The van der Waals surface area contributed by atoms with Crippen molar-refractivity contribution in [1.29, 1.82) is 0 Å². The van der Waals surface area contributed by atoms with Gasteiger partial charge in [-0.25, -0.2) is 9.18 Å². The van der Waals surface area contributed by atoms with Crippen molar-refractivity contribution in [2.24, 2.45) is 5.73 Å². The first-order valence-corrected chi connectivity index (χ1v) is 8.97. The van der Waals surface area contributed by atoms with Gasteiger partial charge in [0.25, 0.3) is 0 Å². The maximum atomic E-state index is 14.5. The van der Waals surface area contributed by atoms with Crippen LogP contribution in [0.4, 0.5) is 14.9 Å². The van der Waals surface area contributed by atoms with Crippen LogP contribution < -0.4 is 10.6 Å². The van der Waals surface area contributed by atoms with E-state index in [0.29, 0.717) is 30.8 Å². The number of rotatable bonds is 5. The average molecular weight is 346 g/mol. The third kappa shape index (κ3) is 3.39. The summed E-state index contributed by atoms with van der Waals surface area (Å²) in [6, 6.07) is 12.5. The first-order chi connectivity index (χ1) is 11.6. The van der Waals surface area contributed by atoms with Crippen molar-refractivity contribution >= 4 is 23.5 Å². The molecule has 1 fully saturated rings. The smallest absolute Gasteiger partial charge is 0.414 e. The van der Waals surface area contributed by atoms with Gasteiger partial charge in [-0.05, 0) is 55.1 Å². The number of carbonyl (C=O) groups excluding carboxylic acids is 1. The van der Waals surface area contributed by atoms with E-state index in [4.69, 9.17) is 10.5 Å². The molecule has 0 aromatic heterocycles. The molecule has 4 nitrogen and oxygen atoms in total. The van der Waals surface area contributed by atoms with Crippen LogP contribution in [0.2, 0.25) is 0 Å². The normalized spacial score (nSPS) is 17.2. The fourth-order valence-electron chi connectivity index (χ4n) is 2.75. The highest BCUT2D eigenvalue weighted by Crippen LogP contribution is 2.30. The van der Waals surface area contributed by atoms with Gasteiger partial charge in [0.1, 0.15) is 11.9 Å². The van der Waals surface area contributed by atoms with Crippen molar-refractivity contribution in [3.63, 3.8) is 0 Å². The Morgan fingerprint density at radius 1 is 1.29 bits per heavy atom. The number of anilines is 1. The molecule has 0 saturated carbocycles. The Hall–Kier alpha value is -2.05. The molecule has 1 atom stereocenters. The monoisotopic (exact) mass is 346 g/mol. The number of cyclic esters (lactones) is 1. The third-order valence-electron chi connectivity index (χ3n) is 4.03. The number of nitrogens with two attached hydrogens (primary N) is 1. The highest BCUT2D eigenvalue weighted by Gasteiger charge is 2.32. The van der Waals surface area contributed by atoms with Crippen LogP contribution in [0.1, 0.15) is 6.42 Å². The molecule has 2 N–H and O–H groups in total. The van der Waals surface area contributed by atoms with Crippen molar-refractivity contribution < 1.29 is 13.9 Å². The summed E-state index contributed by atoms with van der Waals surface area (Å²) in [5.41, 5.74) is 7.32. The number of thioether (sulfide) groups is 1. The summed E-state index contributed by atoms with van der Waals surface area (Å²) < 4.78 is 19.8. The summed E-state index contributed by atoms with van der Waals surface area (Å²) in [7, 11) is 0. The van der Waals surface area contributed by atoms with Crippen LogP contribution in [0.3, 0.4) is 0 Å². The van der Waals surface area contributed by atoms with Crippen molar-refractivity contribution in [3.8, 4) is 11.1 Å². The second-order valence-electron chi connectivity index (χ2n) is 5.59. The number of halogens is 1. The molecule has 2 aromatic rings. The van der Waals surface area contributed by atoms with Gasteiger partial charge in [-0.2, -0.15) is 0 Å². The van der Waals surface area contributed by atoms with E-state index in [2.05, 4.69) is 0 Å². The molecular weight excluding hydrogens is 327 g/mol. The first kappa shape index (κ1) is 16.8. The lowest BCUT2D eigenvalue weighted by Gasteiger charge is -2.14. The number of amides is 1. The molecule has 1 heterocycles. The Labute approximate surface area is 144 Å². The minimum atomic E-state index is -0.454. The summed E-state index contributed by atoms with van der Waals surface area (Å²) >= 11 is 1.64. The standard InChI is InChI=1S/C18H19FN2O2S/c1-24-15-5-2-12(3-6-15)16-7-4-13(10-17(16)19)21-11-14(8-9-20)23-18(21)22/h2-7,10,14H,8-9,11,20H2,1H3/t14-/m0/s1. The Morgan fingerprint density at radius 3 is 2.67 bits per heavy atom. The highest BCUT2D eigenvalue weighted by molar-refractivity contribution is 7.98. The molecule has 0 spiro atoms. The molecule has 1 saturated heterocycles. The lowest BCUT2D eigenvalue weighted by molar-refractivity contribution is 0.138. The SMILES string of the molecule is CSc1ccc(-c2ccc(N3C[C@H](CCN)OC3=O)cc2F)cc1. The van der Waals surface area contributed by atoms with Crippen LogP contribution >= 0.6 is 11.8 Å². The Kier molecular flexibility index (Phi) is 5.06. The van der Waals surface area contributed by atoms with Crippen LogP contribution in [-0.2, 0) is 4.74 Å². The van der Waals surface area contributed by atoms with Gasteiger partial charge < -0.3 is 10.5 Å². The fraction of sp³-hybridized carbons (Fsp3) is 0.278. The van der Waals surface area contributed by atoms with Crippen LogP contribution in [-0.4, -0.2) is 31.5 Å². The topological polar surface area (TPSA) is 55.6 Å². The molecule has 0 radical (unpaired) electrons. The number of hydrogen-bond donors (Lipinski definition) is 1. The van der Waals surface area contributed by atoms with Crippen LogP contribution in [0, 0.1) is 5.82 Å². The Bertz CT molecular complexity index is 736. The van der Waals surface area contributed by atoms with Gasteiger partial charge >= 0.3 is 6.09 Å². The molecule has 2 aromatic carbocycles. The quantitative estimate of drug-likeness (QED) is 0.835. The molecule has 1 amide bonds. The minimum Gasteiger partial charge on any atom is -0.444 e. The second-order valence-corrected chi connectivity index (χ2v) is 6.47. The maximum Gasteiger partial charge on any atom is 0.414 e. The Morgan fingerprint density at radius 2 is 2.04 bits per heavy atom. The van der Waals surface area contributed by atoms with Crippen LogP contribution in [0.5, 0.6) is 0 Å². The second kappa shape index (κ2) is 7.23. The minimum absolute atomic E-state index is 0.232. The van der Waals surface area contributed by atoms with E-state index in [-0.39, 0.29) is 11.9 Å². The molecule has 126 valence electrons. The van der Waals surface area contributed by atoms with Crippen LogP contribution in [0.15, 0.2) is 47.4 Å². The van der Waals surface area contributed by atoms with Crippen LogP contribution in [0.25, 0.3) is 11.1 Å². The predicted molar refractivity (Wildman–Crippen MR) is 94.9 cm³/mol. The largest absolute Gasteiger partial charge is 0.444 e. The molecule has 6 heteroatoms. The molecule has 0 aliphatic carbocycles. The van der Waals surface area contributed by atoms with Gasteiger partial charge in [-0.1, -0.05) is 12.1 Å². The third-order valence-corrected chi connectivity index (χ3v) is 4.77. The molecule has 1 aliphatic rings. The van der Waals surface area contributed by atoms with E-state index >= 15 is 0 Å². The number of carbonyl (C=O) groups is 1. The summed E-state index contributed by atoms with van der Waals surface area (Å²) in [6.45, 7) is 0.850. The van der Waals surface area contributed by atoms with Crippen molar-refractivity contribution in [2.45, 2.75) is 17.4 Å². The predicted octanol–water partition coefficient (Wildman–Crippen LogP) is 3.89. The lowest BCUT2D eigenvalue weighted by Crippen LogP contribution is -2.25. The summed E-state index contributed by atoms with van der Waals surface area (Å²) in [5, 5.41) is 0. The summed E-state index contributed by atoms with van der Waals surface area (Å²) in [6.07, 6.45) is 1.91. The zero-order chi connectivity index (χ0) is 17.1. The molecule has 0 unspecified atom stereocenters. The first-order valence-electron chi connectivity index (χ1n) is 7.74. The van der Waals surface area contributed by atoms with Gasteiger partial charge in [-0.3, -0.25) is 4.90 Å².